The third-order valence-corrected chi connectivity index (χ3v) is 9.64. The molecule has 2 saturated heterocycles. The van der Waals surface area contributed by atoms with E-state index in [0.29, 0.717) is 17.9 Å². The molecule has 0 aromatic carbocycles. The molecular formula is C22H28N4O10S2. The van der Waals surface area contributed by atoms with Crippen molar-refractivity contribution >= 4 is 44.7 Å². The summed E-state index contributed by atoms with van der Waals surface area (Å²) >= 11 is 1.35. The van der Waals surface area contributed by atoms with E-state index in [0.717, 1.165) is 19.4 Å². The molecule has 0 saturated carbocycles. The van der Waals surface area contributed by atoms with Gasteiger partial charge in [-0.15, -0.1) is 11.8 Å². The van der Waals surface area contributed by atoms with E-state index in [2.05, 4.69) is 20.0 Å². The third kappa shape index (κ3) is 5.05. The first-order chi connectivity index (χ1) is 17.9. The number of sulfonamides is 1. The molecule has 16 heteroatoms. The summed E-state index contributed by atoms with van der Waals surface area (Å²) in [5.41, 5.74) is -0.308. The number of oxime groups is 1. The molecular weight excluding hydrogens is 544 g/mol. The molecule has 0 aliphatic carbocycles. The number of fused-ring (bicyclic) bond motifs is 1. The van der Waals surface area contributed by atoms with Gasteiger partial charge in [-0.05, 0) is 13.3 Å². The standard InChI is InChI=1S/C22H28N4O10S2/c1-9-16-15(10(2)27)20(28)26(16)17(22(31)32)18(9)37-13-5-12(23-7-13)6-24-38(33,34)19(25-35-3)14-4-11(8-36-14)21(29)30/h4,8-10,12-13,15-16,23-24,27H,5-7H2,1-3H3,(H,29,30)(H,31,32)/b25-19+/t9?,10-,12+,13+,15-,16-/m1/s1. The minimum atomic E-state index is -4.25. The number of thioether (sulfide) groups is 1. The van der Waals surface area contributed by atoms with Crippen molar-refractivity contribution in [3.8, 4) is 0 Å². The Hall–Kier alpha value is -2.92. The molecule has 38 heavy (non-hydrogen) atoms. The van der Waals surface area contributed by atoms with E-state index in [1.165, 1.54) is 23.6 Å². The summed E-state index contributed by atoms with van der Waals surface area (Å²) in [6.45, 7) is 3.79. The van der Waals surface area contributed by atoms with Gasteiger partial charge in [0.25, 0.3) is 15.1 Å². The quantitative estimate of drug-likeness (QED) is 0.107. The minimum absolute atomic E-state index is 0.0354. The zero-order valence-electron chi connectivity index (χ0n) is 20.7. The summed E-state index contributed by atoms with van der Waals surface area (Å²) in [7, 11) is -3.11. The number of β-lactam (4-membered cyclic amide) rings is 1. The van der Waals surface area contributed by atoms with E-state index in [-0.39, 0.29) is 40.8 Å². The average molecular weight is 573 g/mol. The zero-order chi connectivity index (χ0) is 27.9. The number of rotatable bonds is 10. The molecule has 6 atom stereocenters. The lowest BCUT2D eigenvalue weighted by Gasteiger charge is -2.46. The number of aliphatic hydroxyl groups is 1. The Morgan fingerprint density at radius 2 is 2.08 bits per heavy atom. The second kappa shape index (κ2) is 10.7. The Labute approximate surface area is 222 Å². The van der Waals surface area contributed by atoms with Crippen molar-refractivity contribution in [2.75, 3.05) is 20.2 Å². The predicted molar refractivity (Wildman–Crippen MR) is 134 cm³/mol. The van der Waals surface area contributed by atoms with E-state index in [1.54, 1.807) is 0 Å². The number of aliphatic carboxylic acids is 1. The molecule has 1 unspecified atom stereocenters. The van der Waals surface area contributed by atoms with E-state index < -0.39 is 51.0 Å². The number of furan rings is 1. The monoisotopic (exact) mass is 572 g/mol. The number of hydrogen-bond acceptors (Lipinski definition) is 11. The van der Waals surface area contributed by atoms with Crippen molar-refractivity contribution in [1.29, 1.82) is 0 Å². The largest absolute Gasteiger partial charge is 0.478 e. The molecule has 208 valence electrons. The first kappa shape index (κ1) is 28.1. The fourth-order valence-electron chi connectivity index (χ4n) is 5.03. The Morgan fingerprint density at radius 3 is 2.66 bits per heavy atom. The molecule has 4 heterocycles. The van der Waals surface area contributed by atoms with Crippen LogP contribution >= 0.6 is 11.8 Å². The van der Waals surface area contributed by atoms with Crippen LogP contribution in [0, 0.1) is 11.8 Å². The molecule has 1 aromatic heterocycles. The highest BCUT2D eigenvalue weighted by molar-refractivity contribution is 8.05. The van der Waals surface area contributed by atoms with Crippen LogP contribution in [-0.4, -0.2) is 95.2 Å². The fraction of sp³-hybridized carbons (Fsp3) is 0.545. The Bertz CT molecular complexity index is 1300. The summed E-state index contributed by atoms with van der Waals surface area (Å²) in [6.07, 6.45) is 0.498. The van der Waals surface area contributed by atoms with Crippen molar-refractivity contribution in [2.45, 2.75) is 43.7 Å². The number of nitrogens with zero attached hydrogens (tertiary/aromatic N) is 2. The number of carboxylic acid groups (broad SMARTS) is 2. The topological polar surface area (TPSA) is 208 Å². The van der Waals surface area contributed by atoms with Crippen LogP contribution < -0.4 is 10.0 Å². The van der Waals surface area contributed by atoms with Crippen molar-refractivity contribution in [1.82, 2.24) is 14.9 Å². The summed E-state index contributed by atoms with van der Waals surface area (Å²) < 4.78 is 33.2. The third-order valence-electron chi connectivity index (χ3n) is 6.79. The Morgan fingerprint density at radius 1 is 1.37 bits per heavy atom. The van der Waals surface area contributed by atoms with Gasteiger partial charge in [-0.25, -0.2) is 22.7 Å². The number of aliphatic hydroxyl groups excluding tert-OH is 1. The van der Waals surface area contributed by atoms with E-state index in [1.807, 2.05) is 6.92 Å². The van der Waals surface area contributed by atoms with Gasteiger partial charge in [-0.2, -0.15) is 0 Å². The molecule has 0 spiro atoms. The Balaban J connectivity index is 1.41. The van der Waals surface area contributed by atoms with Crippen LogP contribution in [0.4, 0.5) is 0 Å². The van der Waals surface area contributed by atoms with Gasteiger partial charge in [0.1, 0.15) is 19.1 Å². The second-order valence-electron chi connectivity index (χ2n) is 9.29. The highest BCUT2D eigenvalue weighted by atomic mass is 32.2. The molecule has 0 radical (unpaired) electrons. The van der Waals surface area contributed by atoms with Crippen LogP contribution in [0.25, 0.3) is 0 Å². The summed E-state index contributed by atoms with van der Waals surface area (Å²) in [6, 6.07) is 0.313. The van der Waals surface area contributed by atoms with Gasteiger partial charge in [-0.1, -0.05) is 12.1 Å². The van der Waals surface area contributed by atoms with Crippen LogP contribution in [0.5, 0.6) is 0 Å². The van der Waals surface area contributed by atoms with Crippen LogP contribution in [0.2, 0.25) is 0 Å². The van der Waals surface area contributed by atoms with Crippen molar-refractivity contribution < 1.29 is 47.4 Å². The smallest absolute Gasteiger partial charge is 0.353 e. The lowest BCUT2D eigenvalue weighted by molar-refractivity contribution is -0.163. The SMILES string of the molecule is CO/N=C(\c1cc(C(=O)O)co1)S(=O)(=O)NC[C@@H]1C[C@H](SC2=C(C(=O)O)N3C(=O)[C@H]([C@@H](C)O)[C@H]3C2C)CN1. The molecule has 4 rings (SSSR count). The van der Waals surface area contributed by atoms with Crippen molar-refractivity contribution in [2.24, 2.45) is 17.0 Å². The van der Waals surface area contributed by atoms with Gasteiger partial charge in [-0.3, -0.25) is 4.79 Å². The molecule has 5 N–H and O–H groups in total. The molecule has 1 aromatic rings. The molecule has 1 amide bonds. The van der Waals surface area contributed by atoms with Crippen molar-refractivity contribution in [3.05, 3.63) is 34.3 Å². The number of carboxylic acids is 2. The highest BCUT2D eigenvalue weighted by Gasteiger charge is 2.60. The highest BCUT2D eigenvalue weighted by Crippen LogP contribution is 2.51. The maximum absolute atomic E-state index is 12.9. The second-order valence-corrected chi connectivity index (χ2v) is 12.3. The van der Waals surface area contributed by atoms with E-state index in [9.17, 15) is 33.0 Å². The van der Waals surface area contributed by atoms with Crippen LogP contribution in [-0.2, 0) is 24.4 Å². The van der Waals surface area contributed by atoms with E-state index >= 15 is 0 Å². The van der Waals surface area contributed by atoms with Gasteiger partial charge in [0, 0.05) is 41.3 Å². The molecule has 14 nitrogen and oxygen atoms in total. The fourth-order valence-corrected chi connectivity index (χ4v) is 7.65. The van der Waals surface area contributed by atoms with Crippen LogP contribution in [0.3, 0.4) is 0 Å². The predicted octanol–water partition coefficient (Wildman–Crippen LogP) is -0.177. The van der Waals surface area contributed by atoms with E-state index in [4.69, 9.17) is 9.52 Å². The van der Waals surface area contributed by atoms with Gasteiger partial charge in [0.15, 0.2) is 5.76 Å². The molecule has 2 fully saturated rings. The number of carbonyl (C=O) groups is 3. The number of carbonyl (C=O) groups excluding carboxylic acids is 1. The molecule has 3 aliphatic heterocycles. The maximum Gasteiger partial charge on any atom is 0.353 e. The lowest BCUT2D eigenvalue weighted by atomic mass is 9.79. The first-order valence-corrected chi connectivity index (χ1v) is 14.0. The number of amides is 1. The minimum Gasteiger partial charge on any atom is -0.478 e. The number of aromatic carboxylic acids is 1. The normalized spacial score (nSPS) is 28.3. The van der Waals surface area contributed by atoms with Gasteiger partial charge >= 0.3 is 11.9 Å². The average Bonchev–Trinajstić information content (AvgIpc) is 3.54. The first-order valence-electron chi connectivity index (χ1n) is 11.7. The van der Waals surface area contributed by atoms with Gasteiger partial charge in [0.05, 0.1) is 23.6 Å². The molecule has 3 aliphatic rings. The lowest BCUT2D eigenvalue weighted by Crippen LogP contribution is -2.63. The maximum atomic E-state index is 12.9. The van der Waals surface area contributed by atoms with Crippen LogP contribution in [0.15, 0.2) is 32.5 Å². The Kier molecular flexibility index (Phi) is 7.90. The summed E-state index contributed by atoms with van der Waals surface area (Å²) in [4.78, 5) is 42.1. The number of nitrogens with one attached hydrogen (secondary N) is 2. The summed E-state index contributed by atoms with van der Waals surface area (Å²) in [5, 5.41) is 34.8. The van der Waals surface area contributed by atoms with Crippen molar-refractivity contribution in [3.63, 3.8) is 0 Å². The molecule has 0 bridgehead atoms. The zero-order valence-corrected chi connectivity index (χ0v) is 22.3. The summed E-state index contributed by atoms with van der Waals surface area (Å²) in [5.74, 6) is -4.12. The van der Waals surface area contributed by atoms with Gasteiger partial charge < -0.3 is 34.8 Å². The number of hydrogen-bond donors (Lipinski definition) is 5. The van der Waals surface area contributed by atoms with Crippen LogP contribution in [0.1, 0.15) is 36.4 Å². The van der Waals surface area contributed by atoms with Gasteiger partial charge in [0.2, 0.25) is 5.91 Å².